The molecule has 0 bridgehead atoms. The fraction of sp³-hybridized carbons (Fsp3) is 1.00. The monoisotopic (exact) mass is 120 g/mol. The fourth-order valence-electron chi connectivity index (χ4n) is 0.299. The molecule has 0 spiro atoms. The highest BCUT2D eigenvalue weighted by atomic mass is 17.2. The number of rotatable bonds is 5. The van der Waals surface area contributed by atoms with Crippen LogP contribution in [-0.2, 0) is 9.78 Å². The van der Waals surface area contributed by atoms with Crippen molar-refractivity contribution in [3.63, 3.8) is 0 Å². The summed E-state index contributed by atoms with van der Waals surface area (Å²) in [6, 6.07) is 0. The van der Waals surface area contributed by atoms with Gasteiger partial charge in [0.05, 0.1) is 6.61 Å². The number of aliphatic hydroxyl groups excluding tert-OH is 1. The minimum atomic E-state index is -0.357. The van der Waals surface area contributed by atoms with Gasteiger partial charge in [0, 0.05) is 0 Å². The molecule has 0 aromatic carbocycles. The quantitative estimate of drug-likeness (QED) is 0.251. The van der Waals surface area contributed by atoms with E-state index in [-0.39, 0.29) is 6.79 Å². The predicted molar refractivity (Wildman–Crippen MR) is 29.0 cm³/mol. The van der Waals surface area contributed by atoms with Crippen LogP contribution in [0.15, 0.2) is 0 Å². The summed E-state index contributed by atoms with van der Waals surface area (Å²) >= 11 is 0. The molecule has 0 heterocycles. The Bertz CT molecular complexity index is 32.7. The average Bonchev–Trinajstić information content (AvgIpc) is 1.81. The van der Waals surface area contributed by atoms with Gasteiger partial charge in [-0.1, -0.05) is 13.3 Å². The molecule has 0 aliphatic carbocycles. The first-order chi connectivity index (χ1) is 3.91. The molecular weight excluding hydrogens is 108 g/mol. The van der Waals surface area contributed by atoms with Gasteiger partial charge in [-0.25, -0.2) is 9.78 Å². The van der Waals surface area contributed by atoms with Gasteiger partial charge >= 0.3 is 0 Å². The molecule has 0 atom stereocenters. The molecule has 0 aromatic rings. The lowest BCUT2D eigenvalue weighted by Crippen LogP contribution is -1.96. The van der Waals surface area contributed by atoms with Crippen molar-refractivity contribution in [2.75, 3.05) is 13.4 Å². The van der Waals surface area contributed by atoms with Crippen molar-refractivity contribution < 1.29 is 14.9 Å². The van der Waals surface area contributed by atoms with E-state index in [1.54, 1.807) is 0 Å². The first-order valence-electron chi connectivity index (χ1n) is 2.77. The Morgan fingerprint density at radius 1 is 1.38 bits per heavy atom. The predicted octanol–water partition coefficient (Wildman–Crippen LogP) is 0.685. The van der Waals surface area contributed by atoms with E-state index in [1.807, 2.05) is 0 Å². The molecule has 0 saturated heterocycles. The topological polar surface area (TPSA) is 38.7 Å². The highest BCUT2D eigenvalue weighted by molar-refractivity contribution is 4.25. The summed E-state index contributed by atoms with van der Waals surface area (Å²) in [4.78, 5) is 8.66. The molecule has 0 amide bonds. The van der Waals surface area contributed by atoms with Gasteiger partial charge in [0.15, 0.2) is 6.79 Å². The van der Waals surface area contributed by atoms with Crippen LogP contribution in [0.3, 0.4) is 0 Å². The second-order valence-corrected chi connectivity index (χ2v) is 1.42. The van der Waals surface area contributed by atoms with E-state index in [0.29, 0.717) is 6.61 Å². The Kier molecular flexibility index (Phi) is 6.78. The molecule has 0 radical (unpaired) electrons. The lowest BCUT2D eigenvalue weighted by atomic mass is 10.4. The second-order valence-electron chi connectivity index (χ2n) is 1.42. The van der Waals surface area contributed by atoms with Crippen molar-refractivity contribution in [2.45, 2.75) is 19.8 Å². The minimum Gasteiger partial charge on any atom is -0.368 e. The zero-order chi connectivity index (χ0) is 6.24. The Hall–Kier alpha value is -0.120. The Balaban J connectivity index is 2.53. The first kappa shape index (κ1) is 7.88. The van der Waals surface area contributed by atoms with Crippen LogP contribution in [0, 0.1) is 0 Å². The van der Waals surface area contributed by atoms with E-state index in [9.17, 15) is 0 Å². The summed E-state index contributed by atoms with van der Waals surface area (Å²) in [5.74, 6) is 0. The van der Waals surface area contributed by atoms with Crippen LogP contribution in [-0.4, -0.2) is 18.5 Å². The lowest BCUT2D eigenvalue weighted by Gasteiger charge is -1.96. The molecule has 0 rings (SSSR count). The number of aliphatic hydroxyl groups is 1. The zero-order valence-electron chi connectivity index (χ0n) is 5.09. The average molecular weight is 120 g/mol. The third kappa shape index (κ3) is 5.88. The van der Waals surface area contributed by atoms with Crippen molar-refractivity contribution in [1.29, 1.82) is 0 Å². The van der Waals surface area contributed by atoms with E-state index in [0.717, 1.165) is 12.8 Å². The van der Waals surface area contributed by atoms with Gasteiger partial charge in [-0.3, -0.25) is 0 Å². The highest BCUT2D eigenvalue weighted by Crippen LogP contribution is 1.86. The van der Waals surface area contributed by atoms with Crippen LogP contribution in [0.1, 0.15) is 19.8 Å². The van der Waals surface area contributed by atoms with Gasteiger partial charge in [-0.15, -0.1) is 0 Å². The summed E-state index contributed by atoms with van der Waals surface area (Å²) in [6.07, 6.45) is 2.05. The standard InChI is InChI=1S/C5H12O3/c1-2-3-4-7-8-5-6/h6H,2-5H2,1H3. The van der Waals surface area contributed by atoms with Crippen molar-refractivity contribution in [3.8, 4) is 0 Å². The zero-order valence-corrected chi connectivity index (χ0v) is 5.09. The van der Waals surface area contributed by atoms with E-state index in [4.69, 9.17) is 5.11 Å². The molecule has 0 unspecified atom stereocenters. The van der Waals surface area contributed by atoms with Gasteiger partial charge in [0.1, 0.15) is 0 Å². The fourth-order valence-corrected chi connectivity index (χ4v) is 0.299. The Morgan fingerprint density at radius 3 is 2.62 bits per heavy atom. The summed E-state index contributed by atoms with van der Waals surface area (Å²) in [7, 11) is 0. The van der Waals surface area contributed by atoms with Crippen LogP contribution in [0.2, 0.25) is 0 Å². The van der Waals surface area contributed by atoms with E-state index in [2.05, 4.69) is 16.7 Å². The number of hydrogen-bond donors (Lipinski definition) is 1. The first-order valence-corrected chi connectivity index (χ1v) is 2.77. The van der Waals surface area contributed by atoms with Gasteiger partial charge < -0.3 is 5.11 Å². The molecule has 3 nitrogen and oxygen atoms in total. The van der Waals surface area contributed by atoms with E-state index in [1.165, 1.54) is 0 Å². The van der Waals surface area contributed by atoms with Crippen LogP contribution in [0.5, 0.6) is 0 Å². The third-order valence-corrected chi connectivity index (χ3v) is 0.717. The molecule has 3 heteroatoms. The van der Waals surface area contributed by atoms with Crippen LogP contribution >= 0.6 is 0 Å². The smallest absolute Gasteiger partial charge is 0.178 e. The van der Waals surface area contributed by atoms with Crippen molar-refractivity contribution >= 4 is 0 Å². The maximum atomic E-state index is 8.02. The maximum absolute atomic E-state index is 8.02. The van der Waals surface area contributed by atoms with Crippen LogP contribution in [0.25, 0.3) is 0 Å². The largest absolute Gasteiger partial charge is 0.368 e. The molecule has 8 heavy (non-hydrogen) atoms. The summed E-state index contributed by atoms with van der Waals surface area (Å²) in [5, 5.41) is 8.02. The maximum Gasteiger partial charge on any atom is 0.178 e. The van der Waals surface area contributed by atoms with Gasteiger partial charge in [0.25, 0.3) is 0 Å². The molecule has 0 aliphatic heterocycles. The molecule has 0 saturated carbocycles. The second kappa shape index (κ2) is 6.88. The molecule has 0 aliphatic rings. The van der Waals surface area contributed by atoms with Crippen molar-refractivity contribution in [3.05, 3.63) is 0 Å². The summed E-state index contributed by atoms with van der Waals surface area (Å²) in [5.41, 5.74) is 0. The highest BCUT2D eigenvalue weighted by Gasteiger charge is 1.82. The van der Waals surface area contributed by atoms with Crippen LogP contribution < -0.4 is 0 Å². The normalized spacial score (nSPS) is 9.75. The van der Waals surface area contributed by atoms with Crippen LogP contribution in [0.4, 0.5) is 0 Å². The lowest BCUT2D eigenvalue weighted by molar-refractivity contribution is -0.328. The summed E-state index contributed by atoms with van der Waals surface area (Å²) < 4.78 is 0. The Morgan fingerprint density at radius 2 is 2.12 bits per heavy atom. The third-order valence-electron chi connectivity index (χ3n) is 0.717. The molecule has 0 aromatic heterocycles. The van der Waals surface area contributed by atoms with E-state index < -0.39 is 0 Å². The van der Waals surface area contributed by atoms with Gasteiger partial charge in [-0.05, 0) is 6.42 Å². The molecule has 0 fully saturated rings. The number of hydrogen-bond acceptors (Lipinski definition) is 3. The van der Waals surface area contributed by atoms with Crippen molar-refractivity contribution in [2.24, 2.45) is 0 Å². The van der Waals surface area contributed by atoms with Gasteiger partial charge in [0.2, 0.25) is 0 Å². The SMILES string of the molecule is CCCCOOCO. The number of unbranched alkanes of at least 4 members (excludes halogenated alkanes) is 1. The molecule has 1 N–H and O–H groups in total. The Labute approximate surface area is 49.1 Å². The summed E-state index contributed by atoms with van der Waals surface area (Å²) in [6.45, 7) is 2.27. The molecular formula is C5H12O3. The molecule has 50 valence electrons. The van der Waals surface area contributed by atoms with Gasteiger partial charge in [-0.2, -0.15) is 0 Å². The van der Waals surface area contributed by atoms with E-state index >= 15 is 0 Å². The minimum absolute atomic E-state index is 0.357. The van der Waals surface area contributed by atoms with Crippen molar-refractivity contribution in [1.82, 2.24) is 0 Å².